The van der Waals surface area contributed by atoms with E-state index in [1.165, 1.54) is 6.42 Å². The minimum Gasteiger partial charge on any atom is -0.333 e. The molecule has 0 radical (unpaired) electrons. The molecule has 3 nitrogen and oxygen atoms in total. The molecule has 1 aromatic rings. The van der Waals surface area contributed by atoms with Gasteiger partial charge in [0.15, 0.2) is 0 Å². The molecule has 13 heavy (non-hydrogen) atoms. The fourth-order valence-electron chi connectivity index (χ4n) is 1.29. The normalized spacial score (nSPS) is 13.6. The highest BCUT2D eigenvalue weighted by Gasteiger charge is 2.06. The predicted molar refractivity (Wildman–Crippen MR) is 54.3 cm³/mol. The molecule has 0 amide bonds. The van der Waals surface area contributed by atoms with E-state index in [4.69, 9.17) is 5.73 Å². The third kappa shape index (κ3) is 2.84. The third-order valence-corrected chi connectivity index (χ3v) is 2.16. The molecule has 1 aromatic heterocycles. The maximum atomic E-state index is 5.80. The van der Waals surface area contributed by atoms with E-state index in [-0.39, 0.29) is 6.04 Å². The minimum atomic E-state index is 0.0784. The minimum absolute atomic E-state index is 0.0784. The highest BCUT2D eigenvalue weighted by Crippen LogP contribution is 2.11. The highest BCUT2D eigenvalue weighted by molar-refractivity contribution is 5.02. The Labute approximate surface area is 80.0 Å². The number of nitrogens with zero attached hydrogens (tertiary/aromatic N) is 2. The molecule has 2 N–H and O–H groups in total. The van der Waals surface area contributed by atoms with Gasteiger partial charge in [-0.15, -0.1) is 0 Å². The SMILES string of the molecule is CC(C)CCn1cncc1[C@@H](C)N. The smallest absolute Gasteiger partial charge is 0.0948 e. The van der Waals surface area contributed by atoms with Crippen LogP contribution in [0.15, 0.2) is 12.5 Å². The second kappa shape index (κ2) is 4.42. The molecular formula is C10H19N3. The van der Waals surface area contributed by atoms with Crippen LogP contribution in [0.4, 0.5) is 0 Å². The molecule has 0 spiro atoms. The summed E-state index contributed by atoms with van der Waals surface area (Å²) in [4.78, 5) is 4.10. The zero-order valence-electron chi connectivity index (χ0n) is 8.70. The van der Waals surface area contributed by atoms with Gasteiger partial charge in [0.05, 0.1) is 12.0 Å². The van der Waals surface area contributed by atoms with E-state index < -0.39 is 0 Å². The molecule has 0 aliphatic carbocycles. The van der Waals surface area contributed by atoms with Crippen LogP contribution in [-0.4, -0.2) is 9.55 Å². The summed E-state index contributed by atoms with van der Waals surface area (Å²) in [6.45, 7) is 7.46. The van der Waals surface area contributed by atoms with E-state index in [0.29, 0.717) is 0 Å². The van der Waals surface area contributed by atoms with Gasteiger partial charge in [-0.3, -0.25) is 0 Å². The number of imidazole rings is 1. The van der Waals surface area contributed by atoms with Gasteiger partial charge < -0.3 is 10.3 Å². The first-order chi connectivity index (χ1) is 6.11. The van der Waals surface area contributed by atoms with Crippen molar-refractivity contribution in [2.45, 2.75) is 39.8 Å². The molecule has 0 aromatic carbocycles. The molecule has 0 aliphatic rings. The van der Waals surface area contributed by atoms with Crippen LogP contribution in [0.25, 0.3) is 0 Å². The molecule has 0 unspecified atom stereocenters. The predicted octanol–water partition coefficient (Wildman–Crippen LogP) is 1.95. The number of aromatic nitrogens is 2. The summed E-state index contributed by atoms with van der Waals surface area (Å²) >= 11 is 0. The summed E-state index contributed by atoms with van der Waals surface area (Å²) in [6, 6.07) is 0.0784. The van der Waals surface area contributed by atoms with Crippen molar-refractivity contribution in [2.75, 3.05) is 0 Å². The van der Waals surface area contributed by atoms with Gasteiger partial charge in [0.25, 0.3) is 0 Å². The van der Waals surface area contributed by atoms with Crippen molar-refractivity contribution < 1.29 is 0 Å². The average molecular weight is 181 g/mol. The maximum Gasteiger partial charge on any atom is 0.0948 e. The van der Waals surface area contributed by atoms with Gasteiger partial charge in [0, 0.05) is 18.8 Å². The molecule has 0 bridgehead atoms. The number of aryl methyl sites for hydroxylation is 1. The third-order valence-electron chi connectivity index (χ3n) is 2.16. The zero-order chi connectivity index (χ0) is 9.84. The van der Waals surface area contributed by atoms with E-state index in [9.17, 15) is 0 Å². The Hall–Kier alpha value is -0.830. The molecule has 1 heterocycles. The van der Waals surface area contributed by atoms with Crippen molar-refractivity contribution in [1.29, 1.82) is 0 Å². The molecule has 0 aliphatic heterocycles. The van der Waals surface area contributed by atoms with Crippen molar-refractivity contribution in [1.82, 2.24) is 9.55 Å². The molecule has 0 saturated heterocycles. The van der Waals surface area contributed by atoms with Gasteiger partial charge in [0.1, 0.15) is 0 Å². The lowest BCUT2D eigenvalue weighted by atomic mass is 10.1. The Bertz CT molecular complexity index is 250. The fourth-order valence-corrected chi connectivity index (χ4v) is 1.29. The first-order valence-corrected chi connectivity index (χ1v) is 4.87. The molecule has 3 heteroatoms. The quantitative estimate of drug-likeness (QED) is 0.771. The first-order valence-electron chi connectivity index (χ1n) is 4.87. The standard InChI is InChI=1S/C10H19N3/c1-8(2)4-5-13-7-12-6-10(13)9(3)11/h6-9H,4-5,11H2,1-3H3/t9-/m1/s1. The number of hydrogen-bond donors (Lipinski definition) is 1. The van der Waals surface area contributed by atoms with E-state index >= 15 is 0 Å². The molecular weight excluding hydrogens is 162 g/mol. The topological polar surface area (TPSA) is 43.8 Å². The van der Waals surface area contributed by atoms with Gasteiger partial charge in [-0.2, -0.15) is 0 Å². The van der Waals surface area contributed by atoms with Crippen molar-refractivity contribution in [3.63, 3.8) is 0 Å². The van der Waals surface area contributed by atoms with Gasteiger partial charge in [0.2, 0.25) is 0 Å². The summed E-state index contributed by atoms with van der Waals surface area (Å²) in [5.74, 6) is 0.725. The van der Waals surface area contributed by atoms with E-state index in [1.807, 2.05) is 19.4 Å². The molecule has 74 valence electrons. The first kappa shape index (κ1) is 10.3. The fraction of sp³-hybridized carbons (Fsp3) is 0.700. The molecule has 0 saturated carbocycles. The van der Waals surface area contributed by atoms with Crippen LogP contribution in [0, 0.1) is 5.92 Å². The Morgan fingerprint density at radius 2 is 2.15 bits per heavy atom. The van der Waals surface area contributed by atoms with Crippen molar-refractivity contribution in [3.8, 4) is 0 Å². The van der Waals surface area contributed by atoms with Crippen LogP contribution in [0.3, 0.4) is 0 Å². The molecule has 0 fully saturated rings. The van der Waals surface area contributed by atoms with E-state index in [0.717, 1.165) is 18.2 Å². The van der Waals surface area contributed by atoms with Crippen LogP contribution in [0.1, 0.15) is 38.9 Å². The number of hydrogen-bond acceptors (Lipinski definition) is 2. The lowest BCUT2D eigenvalue weighted by Crippen LogP contribution is -2.12. The maximum absolute atomic E-state index is 5.80. The Morgan fingerprint density at radius 3 is 2.69 bits per heavy atom. The summed E-state index contributed by atoms with van der Waals surface area (Å²) in [7, 11) is 0. The van der Waals surface area contributed by atoms with E-state index in [2.05, 4.69) is 23.4 Å². The summed E-state index contributed by atoms with van der Waals surface area (Å²) < 4.78 is 2.14. The van der Waals surface area contributed by atoms with Crippen molar-refractivity contribution in [2.24, 2.45) is 11.7 Å². The van der Waals surface area contributed by atoms with Crippen LogP contribution >= 0.6 is 0 Å². The molecule has 1 rings (SSSR count). The lowest BCUT2D eigenvalue weighted by Gasteiger charge is -2.11. The van der Waals surface area contributed by atoms with Gasteiger partial charge in [-0.1, -0.05) is 13.8 Å². The Kier molecular flexibility index (Phi) is 3.48. The van der Waals surface area contributed by atoms with Crippen LogP contribution in [0.5, 0.6) is 0 Å². The highest BCUT2D eigenvalue weighted by atomic mass is 15.1. The van der Waals surface area contributed by atoms with Crippen molar-refractivity contribution >= 4 is 0 Å². The van der Waals surface area contributed by atoms with Crippen LogP contribution in [-0.2, 0) is 6.54 Å². The van der Waals surface area contributed by atoms with Crippen LogP contribution < -0.4 is 5.73 Å². The summed E-state index contributed by atoms with van der Waals surface area (Å²) in [5.41, 5.74) is 6.93. The van der Waals surface area contributed by atoms with Gasteiger partial charge in [-0.25, -0.2) is 4.98 Å². The molecule has 1 atom stereocenters. The van der Waals surface area contributed by atoms with Gasteiger partial charge >= 0.3 is 0 Å². The van der Waals surface area contributed by atoms with E-state index in [1.54, 1.807) is 0 Å². The summed E-state index contributed by atoms with van der Waals surface area (Å²) in [6.07, 6.45) is 4.89. The monoisotopic (exact) mass is 181 g/mol. The van der Waals surface area contributed by atoms with Crippen molar-refractivity contribution in [3.05, 3.63) is 18.2 Å². The number of rotatable bonds is 4. The Morgan fingerprint density at radius 1 is 1.46 bits per heavy atom. The largest absolute Gasteiger partial charge is 0.333 e. The second-order valence-electron chi connectivity index (χ2n) is 3.98. The number of nitrogens with two attached hydrogens (primary N) is 1. The summed E-state index contributed by atoms with van der Waals surface area (Å²) in [5, 5.41) is 0. The van der Waals surface area contributed by atoms with Gasteiger partial charge in [-0.05, 0) is 19.3 Å². The lowest BCUT2D eigenvalue weighted by molar-refractivity contribution is 0.500. The Balaban J connectivity index is 2.60. The van der Waals surface area contributed by atoms with Crippen LogP contribution in [0.2, 0.25) is 0 Å². The second-order valence-corrected chi connectivity index (χ2v) is 3.98. The average Bonchev–Trinajstić information content (AvgIpc) is 2.47. The zero-order valence-corrected chi connectivity index (χ0v) is 8.70.